The highest BCUT2D eigenvalue weighted by Crippen LogP contribution is 2.37. The molecule has 1 aliphatic rings. The van der Waals surface area contributed by atoms with Crippen LogP contribution in [0.5, 0.6) is 5.75 Å². The van der Waals surface area contributed by atoms with E-state index in [1.54, 1.807) is 24.3 Å². The summed E-state index contributed by atoms with van der Waals surface area (Å²) >= 11 is 6.04. The fourth-order valence-corrected chi connectivity index (χ4v) is 4.14. The fourth-order valence-electron chi connectivity index (χ4n) is 3.94. The van der Waals surface area contributed by atoms with Gasteiger partial charge in [-0.05, 0) is 49.8 Å². The van der Waals surface area contributed by atoms with E-state index < -0.39 is 40.8 Å². The maximum Gasteiger partial charge on any atom is 0.416 e. The molecule has 1 heterocycles. The van der Waals surface area contributed by atoms with Crippen LogP contribution in [0, 0.1) is 13.8 Å². The number of amides is 4. The van der Waals surface area contributed by atoms with Gasteiger partial charge in [0, 0.05) is 5.56 Å². The molecule has 37 heavy (non-hydrogen) atoms. The van der Waals surface area contributed by atoms with Crippen LogP contribution in [-0.2, 0) is 22.4 Å². The molecule has 0 spiro atoms. The number of urea groups is 1. The number of hydrogen-bond donors (Lipinski definition) is 1. The van der Waals surface area contributed by atoms with Crippen LogP contribution < -0.4 is 15.0 Å². The predicted molar refractivity (Wildman–Crippen MR) is 132 cm³/mol. The molecule has 0 saturated carbocycles. The number of hydrogen-bond acceptors (Lipinski definition) is 4. The summed E-state index contributed by atoms with van der Waals surface area (Å²) < 4.78 is 45.7. The molecule has 0 radical (unpaired) electrons. The number of imide groups is 2. The molecule has 1 aliphatic heterocycles. The molecule has 3 aromatic carbocycles. The summed E-state index contributed by atoms with van der Waals surface area (Å²) in [4.78, 5) is 38.7. The van der Waals surface area contributed by atoms with Gasteiger partial charge in [-0.25, -0.2) is 9.69 Å². The number of nitrogens with one attached hydrogen (secondary N) is 1. The standard InChI is InChI=1S/C27H20ClF3N2O4/c1-15-9-16(2)11-17(10-15)14-37-23-6-4-3-5-18(23)12-20-24(34)32-26(36)33(25(20)35)22-13-19(27(29,30)31)7-8-21(22)28/h3-13H,14H2,1-2H3,(H,32,34,36)/b20-12-. The van der Waals surface area contributed by atoms with Crippen molar-refractivity contribution in [1.82, 2.24) is 5.32 Å². The lowest BCUT2D eigenvalue weighted by atomic mass is 10.1. The molecule has 0 aliphatic carbocycles. The highest BCUT2D eigenvalue weighted by atomic mass is 35.5. The number of ether oxygens (including phenoxy) is 1. The Labute approximate surface area is 215 Å². The van der Waals surface area contributed by atoms with E-state index in [1.807, 2.05) is 37.4 Å². The van der Waals surface area contributed by atoms with E-state index in [9.17, 15) is 27.6 Å². The number of aryl methyl sites for hydroxylation is 2. The molecule has 1 saturated heterocycles. The number of alkyl halides is 3. The SMILES string of the molecule is Cc1cc(C)cc(COc2ccccc2/C=C2/C(=O)NC(=O)N(c3cc(C(F)(F)F)ccc3Cl)C2=O)c1. The predicted octanol–water partition coefficient (Wildman–Crippen LogP) is 6.22. The van der Waals surface area contributed by atoms with Crippen LogP contribution in [0.15, 0.2) is 66.2 Å². The van der Waals surface area contributed by atoms with Crippen LogP contribution in [0.25, 0.3) is 6.08 Å². The number of anilines is 1. The molecule has 0 unspecified atom stereocenters. The number of carbonyl (C=O) groups is 3. The molecular weight excluding hydrogens is 509 g/mol. The smallest absolute Gasteiger partial charge is 0.416 e. The third-order valence-electron chi connectivity index (χ3n) is 5.51. The molecule has 1 N–H and O–H groups in total. The van der Waals surface area contributed by atoms with Crippen molar-refractivity contribution in [2.24, 2.45) is 0 Å². The Balaban J connectivity index is 1.68. The Kier molecular flexibility index (Phi) is 7.09. The van der Waals surface area contributed by atoms with Crippen LogP contribution in [-0.4, -0.2) is 17.8 Å². The van der Waals surface area contributed by atoms with E-state index in [0.29, 0.717) is 22.3 Å². The van der Waals surface area contributed by atoms with Gasteiger partial charge in [-0.1, -0.05) is 59.1 Å². The van der Waals surface area contributed by atoms with E-state index in [2.05, 4.69) is 0 Å². The molecule has 0 bridgehead atoms. The lowest BCUT2D eigenvalue weighted by Gasteiger charge is -2.27. The lowest BCUT2D eigenvalue weighted by molar-refractivity contribution is -0.137. The number of rotatable bonds is 5. The maximum absolute atomic E-state index is 13.2. The normalized spacial score (nSPS) is 15.2. The summed E-state index contributed by atoms with van der Waals surface area (Å²) in [5, 5.41) is 1.71. The lowest BCUT2D eigenvalue weighted by Crippen LogP contribution is -2.54. The first-order valence-electron chi connectivity index (χ1n) is 11.0. The van der Waals surface area contributed by atoms with Crippen molar-refractivity contribution in [2.75, 3.05) is 4.90 Å². The molecule has 4 rings (SSSR count). The molecule has 190 valence electrons. The zero-order valence-corrected chi connectivity index (χ0v) is 20.4. The van der Waals surface area contributed by atoms with E-state index in [1.165, 1.54) is 6.08 Å². The number of halogens is 4. The second-order valence-electron chi connectivity index (χ2n) is 8.44. The Bertz CT molecular complexity index is 1430. The van der Waals surface area contributed by atoms with Crippen molar-refractivity contribution in [1.29, 1.82) is 0 Å². The first-order valence-corrected chi connectivity index (χ1v) is 11.4. The van der Waals surface area contributed by atoms with Crippen molar-refractivity contribution in [3.63, 3.8) is 0 Å². The van der Waals surface area contributed by atoms with E-state index in [4.69, 9.17) is 16.3 Å². The Morgan fingerprint density at radius 1 is 0.973 bits per heavy atom. The summed E-state index contributed by atoms with van der Waals surface area (Å²) in [6.45, 7) is 4.14. The third kappa shape index (κ3) is 5.67. The van der Waals surface area contributed by atoms with Gasteiger partial charge in [0.2, 0.25) is 0 Å². The van der Waals surface area contributed by atoms with Crippen LogP contribution in [0.2, 0.25) is 5.02 Å². The number of para-hydroxylation sites is 1. The van der Waals surface area contributed by atoms with Gasteiger partial charge in [-0.15, -0.1) is 0 Å². The number of benzene rings is 3. The van der Waals surface area contributed by atoms with Crippen LogP contribution in [0.4, 0.5) is 23.7 Å². The minimum atomic E-state index is -4.74. The topological polar surface area (TPSA) is 75.7 Å². The highest BCUT2D eigenvalue weighted by molar-refractivity contribution is 6.42. The summed E-state index contributed by atoms with van der Waals surface area (Å²) in [6, 6.07) is 13.6. The largest absolute Gasteiger partial charge is 0.488 e. The second kappa shape index (κ2) is 10.1. The molecule has 3 aromatic rings. The van der Waals surface area contributed by atoms with Gasteiger partial charge in [0.05, 0.1) is 16.3 Å². The molecular formula is C27H20ClF3N2O4. The monoisotopic (exact) mass is 528 g/mol. The fraction of sp³-hybridized carbons (Fsp3) is 0.148. The number of carbonyl (C=O) groups excluding carboxylic acids is 3. The summed E-state index contributed by atoms with van der Waals surface area (Å²) in [5.41, 5.74) is 1.32. The summed E-state index contributed by atoms with van der Waals surface area (Å²) in [5.74, 6) is -1.77. The quantitative estimate of drug-likeness (QED) is 0.315. The average molecular weight is 529 g/mol. The van der Waals surface area contributed by atoms with Gasteiger partial charge in [-0.3, -0.25) is 14.9 Å². The maximum atomic E-state index is 13.2. The minimum Gasteiger partial charge on any atom is -0.488 e. The zero-order valence-electron chi connectivity index (χ0n) is 19.7. The van der Waals surface area contributed by atoms with Crippen molar-refractivity contribution < 1.29 is 32.3 Å². The number of barbiturate groups is 1. The highest BCUT2D eigenvalue weighted by Gasteiger charge is 2.39. The average Bonchev–Trinajstić information content (AvgIpc) is 2.80. The molecule has 0 atom stereocenters. The molecule has 6 nitrogen and oxygen atoms in total. The third-order valence-corrected chi connectivity index (χ3v) is 5.83. The zero-order chi connectivity index (χ0) is 26.9. The van der Waals surface area contributed by atoms with Crippen molar-refractivity contribution in [3.05, 3.63) is 99.1 Å². The van der Waals surface area contributed by atoms with Gasteiger partial charge in [0.1, 0.15) is 17.9 Å². The minimum absolute atomic E-state index is 0.216. The van der Waals surface area contributed by atoms with Crippen LogP contribution in [0.3, 0.4) is 0 Å². The summed E-state index contributed by atoms with van der Waals surface area (Å²) in [7, 11) is 0. The van der Waals surface area contributed by atoms with Gasteiger partial charge in [0.25, 0.3) is 11.8 Å². The van der Waals surface area contributed by atoms with Gasteiger partial charge in [-0.2, -0.15) is 13.2 Å². The Hall–Kier alpha value is -4.11. The van der Waals surface area contributed by atoms with Gasteiger partial charge in [0.15, 0.2) is 0 Å². The van der Waals surface area contributed by atoms with Crippen molar-refractivity contribution >= 4 is 41.2 Å². The summed E-state index contributed by atoms with van der Waals surface area (Å²) in [6.07, 6.45) is -3.52. The number of nitrogens with zero attached hydrogens (tertiary/aromatic N) is 1. The second-order valence-corrected chi connectivity index (χ2v) is 8.85. The van der Waals surface area contributed by atoms with Crippen LogP contribution in [0.1, 0.15) is 27.8 Å². The Morgan fingerprint density at radius 2 is 1.65 bits per heavy atom. The first-order chi connectivity index (χ1) is 17.4. The van der Waals surface area contributed by atoms with E-state index in [0.717, 1.165) is 28.8 Å². The van der Waals surface area contributed by atoms with Crippen molar-refractivity contribution in [2.45, 2.75) is 26.6 Å². The van der Waals surface area contributed by atoms with Gasteiger partial charge >= 0.3 is 12.2 Å². The first kappa shape index (κ1) is 26.0. The molecule has 10 heteroatoms. The molecule has 0 aromatic heterocycles. The molecule has 1 fully saturated rings. The van der Waals surface area contributed by atoms with E-state index in [-0.39, 0.29) is 11.6 Å². The van der Waals surface area contributed by atoms with E-state index >= 15 is 0 Å². The molecule has 4 amide bonds. The van der Waals surface area contributed by atoms with Crippen LogP contribution >= 0.6 is 11.6 Å². The van der Waals surface area contributed by atoms with Gasteiger partial charge < -0.3 is 4.74 Å². The Morgan fingerprint density at radius 3 is 2.32 bits per heavy atom. The van der Waals surface area contributed by atoms with Crippen molar-refractivity contribution in [3.8, 4) is 5.75 Å².